The first kappa shape index (κ1) is 16.3. The van der Waals surface area contributed by atoms with E-state index in [9.17, 15) is 9.59 Å². The summed E-state index contributed by atoms with van der Waals surface area (Å²) >= 11 is 0. The predicted octanol–water partition coefficient (Wildman–Crippen LogP) is 3.00. The van der Waals surface area contributed by atoms with Crippen LogP contribution in [0, 0.1) is 6.92 Å². The molecular formula is C19H22N2O3. The first-order valence-electron chi connectivity index (χ1n) is 8.20. The van der Waals surface area contributed by atoms with Gasteiger partial charge in [-0.3, -0.25) is 9.59 Å². The molecule has 0 saturated heterocycles. The second kappa shape index (κ2) is 6.51. The first-order valence-corrected chi connectivity index (χ1v) is 8.20. The highest BCUT2D eigenvalue weighted by Crippen LogP contribution is 2.43. The number of methoxy groups -OCH3 is 1. The molecule has 3 rings (SSSR count). The summed E-state index contributed by atoms with van der Waals surface area (Å²) in [5.41, 5.74) is 9.96. The van der Waals surface area contributed by atoms with E-state index in [1.807, 2.05) is 37.3 Å². The molecule has 0 aliphatic heterocycles. The van der Waals surface area contributed by atoms with Gasteiger partial charge in [0, 0.05) is 23.0 Å². The van der Waals surface area contributed by atoms with Gasteiger partial charge in [-0.25, -0.2) is 0 Å². The third-order valence-corrected chi connectivity index (χ3v) is 4.57. The highest BCUT2D eigenvalue weighted by molar-refractivity contribution is 6.02. The molecule has 1 aliphatic rings. The van der Waals surface area contributed by atoms with Crippen LogP contribution >= 0.6 is 0 Å². The summed E-state index contributed by atoms with van der Waals surface area (Å²) < 4.78 is 6.98. The van der Waals surface area contributed by atoms with Crippen molar-refractivity contribution in [2.24, 2.45) is 5.73 Å². The summed E-state index contributed by atoms with van der Waals surface area (Å²) in [5, 5.41) is 0. The largest absolute Gasteiger partial charge is 0.469 e. The molecule has 0 bridgehead atoms. The SMILES string of the molecule is COC(=O)CCc1c(-c2ccccc2)c(C(N)=O)c(C)n1C1CC1. The molecule has 0 unspecified atom stereocenters. The molecule has 0 spiro atoms. The quantitative estimate of drug-likeness (QED) is 0.829. The number of benzene rings is 1. The Hall–Kier alpha value is -2.56. The summed E-state index contributed by atoms with van der Waals surface area (Å²) in [6.45, 7) is 1.94. The second-order valence-corrected chi connectivity index (χ2v) is 6.19. The van der Waals surface area contributed by atoms with Gasteiger partial charge in [-0.05, 0) is 31.7 Å². The number of carbonyl (C=O) groups excluding carboxylic acids is 2. The van der Waals surface area contributed by atoms with Crippen molar-refractivity contribution in [2.45, 2.75) is 38.6 Å². The maximum atomic E-state index is 12.1. The van der Waals surface area contributed by atoms with E-state index in [0.29, 0.717) is 18.0 Å². The number of esters is 1. The van der Waals surface area contributed by atoms with Gasteiger partial charge in [0.05, 0.1) is 19.1 Å². The van der Waals surface area contributed by atoms with Gasteiger partial charge >= 0.3 is 5.97 Å². The first-order chi connectivity index (χ1) is 11.5. The van der Waals surface area contributed by atoms with Crippen LogP contribution in [0.4, 0.5) is 0 Å². The fraction of sp³-hybridized carbons (Fsp3) is 0.368. The minimum atomic E-state index is -0.426. The van der Waals surface area contributed by atoms with Crippen LogP contribution in [-0.4, -0.2) is 23.6 Å². The monoisotopic (exact) mass is 326 g/mol. The molecule has 2 N–H and O–H groups in total. The highest BCUT2D eigenvalue weighted by atomic mass is 16.5. The molecule has 2 aromatic rings. The summed E-state index contributed by atoms with van der Waals surface area (Å²) in [7, 11) is 1.39. The third kappa shape index (κ3) is 2.94. The van der Waals surface area contributed by atoms with E-state index >= 15 is 0 Å². The minimum absolute atomic E-state index is 0.254. The lowest BCUT2D eigenvalue weighted by atomic mass is 9.98. The van der Waals surface area contributed by atoms with Gasteiger partial charge in [-0.2, -0.15) is 0 Å². The van der Waals surface area contributed by atoms with Crippen molar-refractivity contribution in [1.82, 2.24) is 4.57 Å². The van der Waals surface area contributed by atoms with Crippen LogP contribution in [0.2, 0.25) is 0 Å². The zero-order chi connectivity index (χ0) is 17.3. The number of hydrogen-bond acceptors (Lipinski definition) is 3. The van der Waals surface area contributed by atoms with Crippen LogP contribution in [0.1, 0.15) is 47.1 Å². The van der Waals surface area contributed by atoms with Crippen LogP contribution in [0.5, 0.6) is 0 Å². The van der Waals surface area contributed by atoms with Crippen molar-refractivity contribution in [3.05, 3.63) is 47.3 Å². The minimum Gasteiger partial charge on any atom is -0.469 e. The molecule has 0 atom stereocenters. The summed E-state index contributed by atoms with van der Waals surface area (Å²) in [4.78, 5) is 23.8. The molecule has 1 fully saturated rings. The highest BCUT2D eigenvalue weighted by Gasteiger charge is 2.33. The Morgan fingerprint density at radius 1 is 1.25 bits per heavy atom. The average molecular weight is 326 g/mol. The van der Waals surface area contributed by atoms with Gasteiger partial charge in [0.1, 0.15) is 0 Å². The topological polar surface area (TPSA) is 74.3 Å². The van der Waals surface area contributed by atoms with Crippen LogP contribution < -0.4 is 5.73 Å². The number of rotatable bonds is 6. The Labute approximate surface area is 141 Å². The second-order valence-electron chi connectivity index (χ2n) is 6.19. The number of nitrogens with two attached hydrogens (primary N) is 1. The maximum Gasteiger partial charge on any atom is 0.305 e. The maximum absolute atomic E-state index is 12.1. The Morgan fingerprint density at radius 3 is 2.46 bits per heavy atom. The molecule has 24 heavy (non-hydrogen) atoms. The van der Waals surface area contributed by atoms with E-state index in [0.717, 1.165) is 35.4 Å². The lowest BCUT2D eigenvalue weighted by molar-refractivity contribution is -0.140. The van der Waals surface area contributed by atoms with E-state index in [-0.39, 0.29) is 12.4 Å². The van der Waals surface area contributed by atoms with E-state index in [1.54, 1.807) is 0 Å². The number of carbonyl (C=O) groups is 2. The van der Waals surface area contributed by atoms with Crippen molar-refractivity contribution in [3.63, 3.8) is 0 Å². The predicted molar refractivity (Wildman–Crippen MR) is 91.7 cm³/mol. The Balaban J connectivity index is 2.17. The average Bonchev–Trinajstić information content (AvgIpc) is 3.36. The number of nitrogens with zero attached hydrogens (tertiary/aromatic N) is 1. The molecule has 5 nitrogen and oxygen atoms in total. The fourth-order valence-corrected chi connectivity index (χ4v) is 3.38. The van der Waals surface area contributed by atoms with Gasteiger partial charge in [0.25, 0.3) is 5.91 Å². The van der Waals surface area contributed by atoms with Gasteiger partial charge in [0.15, 0.2) is 0 Å². The van der Waals surface area contributed by atoms with Crippen LogP contribution in [0.15, 0.2) is 30.3 Å². The van der Waals surface area contributed by atoms with Crippen LogP contribution in [-0.2, 0) is 16.0 Å². The zero-order valence-electron chi connectivity index (χ0n) is 14.0. The fourth-order valence-electron chi connectivity index (χ4n) is 3.38. The molecule has 1 aromatic carbocycles. The lowest BCUT2D eigenvalue weighted by Gasteiger charge is -2.12. The number of ether oxygens (including phenoxy) is 1. The smallest absolute Gasteiger partial charge is 0.305 e. The summed E-state index contributed by atoms with van der Waals surface area (Å²) in [6, 6.07) is 10.2. The molecular weight excluding hydrogens is 304 g/mol. The molecule has 126 valence electrons. The zero-order valence-corrected chi connectivity index (χ0v) is 14.0. The standard InChI is InChI=1S/C19H22N2O3/c1-12-17(19(20)23)18(13-6-4-3-5-7-13)15(10-11-16(22)24-2)21(12)14-8-9-14/h3-7,14H,8-11H2,1-2H3,(H2,20,23). The molecule has 1 saturated carbocycles. The Bertz CT molecular complexity index is 774. The number of aromatic nitrogens is 1. The van der Waals surface area contributed by atoms with Crippen molar-refractivity contribution >= 4 is 11.9 Å². The number of hydrogen-bond donors (Lipinski definition) is 1. The van der Waals surface area contributed by atoms with E-state index < -0.39 is 5.91 Å². The van der Waals surface area contributed by atoms with Gasteiger partial charge in [-0.1, -0.05) is 30.3 Å². The van der Waals surface area contributed by atoms with Crippen molar-refractivity contribution in [2.75, 3.05) is 7.11 Å². The molecule has 1 heterocycles. The van der Waals surface area contributed by atoms with Crippen molar-refractivity contribution in [1.29, 1.82) is 0 Å². The van der Waals surface area contributed by atoms with Gasteiger partial charge < -0.3 is 15.0 Å². The van der Waals surface area contributed by atoms with Gasteiger partial charge in [0.2, 0.25) is 0 Å². The molecule has 1 aliphatic carbocycles. The number of primary amides is 1. The molecule has 1 aromatic heterocycles. The third-order valence-electron chi connectivity index (χ3n) is 4.57. The van der Waals surface area contributed by atoms with Crippen molar-refractivity contribution < 1.29 is 14.3 Å². The molecule has 0 radical (unpaired) electrons. The lowest BCUT2D eigenvalue weighted by Crippen LogP contribution is -2.13. The van der Waals surface area contributed by atoms with E-state index in [4.69, 9.17) is 10.5 Å². The summed E-state index contributed by atoms with van der Waals surface area (Å²) in [5.74, 6) is -0.680. The number of amides is 1. The van der Waals surface area contributed by atoms with E-state index in [2.05, 4.69) is 4.57 Å². The van der Waals surface area contributed by atoms with Crippen LogP contribution in [0.25, 0.3) is 11.1 Å². The summed E-state index contributed by atoms with van der Waals surface area (Å²) in [6.07, 6.45) is 2.99. The molecule has 1 amide bonds. The van der Waals surface area contributed by atoms with Crippen LogP contribution in [0.3, 0.4) is 0 Å². The Morgan fingerprint density at radius 2 is 1.92 bits per heavy atom. The van der Waals surface area contributed by atoms with E-state index in [1.165, 1.54) is 7.11 Å². The van der Waals surface area contributed by atoms with Crippen molar-refractivity contribution in [3.8, 4) is 11.1 Å². The normalized spacial score (nSPS) is 13.8. The van der Waals surface area contributed by atoms with Gasteiger partial charge in [-0.15, -0.1) is 0 Å². The molecule has 5 heteroatoms. The Kier molecular flexibility index (Phi) is 4.42.